The van der Waals surface area contributed by atoms with E-state index in [1.165, 1.54) is 18.2 Å². The van der Waals surface area contributed by atoms with Gasteiger partial charge in [-0.15, -0.1) is 0 Å². The summed E-state index contributed by atoms with van der Waals surface area (Å²) in [6.07, 6.45) is 6.18. The van der Waals surface area contributed by atoms with Crippen LogP contribution in [0.2, 0.25) is 0 Å². The number of thioether (sulfide) groups is 1. The molecule has 6 nitrogen and oxygen atoms in total. The lowest BCUT2D eigenvalue weighted by Gasteiger charge is -2.21. The minimum atomic E-state index is -0.109. The molecule has 184 valence electrons. The predicted octanol–water partition coefficient (Wildman–Crippen LogP) is 6.36. The fourth-order valence-electron chi connectivity index (χ4n) is 4.45. The maximum Gasteiger partial charge on any atom is 0.234 e. The number of hydrogen-bond donors (Lipinski definition) is 2. The van der Waals surface area contributed by atoms with Gasteiger partial charge in [0.15, 0.2) is 0 Å². The third-order valence-corrected chi connectivity index (χ3v) is 7.57. The Hall–Kier alpha value is -3.06. The number of anilines is 2. The van der Waals surface area contributed by atoms with Gasteiger partial charge in [0.25, 0.3) is 0 Å². The van der Waals surface area contributed by atoms with Gasteiger partial charge in [0.2, 0.25) is 11.8 Å². The van der Waals surface area contributed by atoms with E-state index in [2.05, 4.69) is 23.6 Å². The van der Waals surface area contributed by atoms with Crippen LogP contribution >= 0.6 is 11.8 Å². The van der Waals surface area contributed by atoms with Crippen LogP contribution in [-0.4, -0.2) is 29.7 Å². The van der Waals surface area contributed by atoms with Crippen molar-refractivity contribution in [1.82, 2.24) is 4.98 Å². The van der Waals surface area contributed by atoms with E-state index in [9.17, 15) is 9.59 Å². The van der Waals surface area contributed by atoms with Crippen molar-refractivity contribution in [2.75, 3.05) is 23.5 Å². The fourth-order valence-corrected chi connectivity index (χ4v) is 5.34. The second kappa shape index (κ2) is 11.6. The van der Waals surface area contributed by atoms with Crippen LogP contribution in [0.15, 0.2) is 47.5 Å². The molecule has 3 aromatic rings. The maximum atomic E-state index is 12.7. The maximum absolute atomic E-state index is 12.7. The van der Waals surface area contributed by atoms with E-state index in [0.717, 1.165) is 70.6 Å². The predicted molar refractivity (Wildman–Crippen MR) is 143 cm³/mol. The molecule has 4 rings (SSSR count). The summed E-state index contributed by atoms with van der Waals surface area (Å²) in [6, 6.07) is 13.6. The van der Waals surface area contributed by atoms with Gasteiger partial charge in [0, 0.05) is 22.7 Å². The van der Waals surface area contributed by atoms with Crippen LogP contribution in [0.5, 0.6) is 5.75 Å². The first-order chi connectivity index (χ1) is 17.0. The number of hydrogen-bond acceptors (Lipinski definition) is 5. The highest BCUT2D eigenvalue weighted by Crippen LogP contribution is 2.29. The fraction of sp³-hybridized carbons (Fsp3) is 0.393. The van der Waals surface area contributed by atoms with Gasteiger partial charge < -0.3 is 15.4 Å². The van der Waals surface area contributed by atoms with Crippen molar-refractivity contribution in [2.45, 2.75) is 57.4 Å². The molecule has 2 amide bonds. The molecule has 0 spiro atoms. The zero-order valence-electron chi connectivity index (χ0n) is 20.6. The third-order valence-electron chi connectivity index (χ3n) is 6.54. The molecule has 0 saturated heterocycles. The van der Waals surface area contributed by atoms with E-state index in [4.69, 9.17) is 9.72 Å². The van der Waals surface area contributed by atoms with Crippen molar-refractivity contribution in [1.29, 1.82) is 0 Å². The number of rotatable bonds is 8. The molecule has 1 aliphatic carbocycles. The molecule has 0 radical (unpaired) electrons. The van der Waals surface area contributed by atoms with Crippen molar-refractivity contribution in [3.05, 3.63) is 53.6 Å². The second-order valence-electron chi connectivity index (χ2n) is 9.06. The smallest absolute Gasteiger partial charge is 0.234 e. The van der Waals surface area contributed by atoms with Crippen LogP contribution < -0.4 is 15.4 Å². The van der Waals surface area contributed by atoms with Crippen LogP contribution in [0.3, 0.4) is 0 Å². The van der Waals surface area contributed by atoms with Crippen LogP contribution in [-0.2, 0) is 16.0 Å². The van der Waals surface area contributed by atoms with Crippen molar-refractivity contribution < 1.29 is 14.3 Å². The number of benzene rings is 2. The summed E-state index contributed by atoms with van der Waals surface area (Å²) < 4.78 is 5.32. The van der Waals surface area contributed by atoms with Crippen molar-refractivity contribution in [2.24, 2.45) is 5.92 Å². The van der Waals surface area contributed by atoms with Gasteiger partial charge in [-0.3, -0.25) is 9.59 Å². The molecule has 35 heavy (non-hydrogen) atoms. The first-order valence-electron chi connectivity index (χ1n) is 12.3. The van der Waals surface area contributed by atoms with E-state index in [1.54, 1.807) is 7.11 Å². The third kappa shape index (κ3) is 6.34. The average Bonchev–Trinajstić information content (AvgIpc) is 2.88. The molecule has 1 aliphatic rings. The van der Waals surface area contributed by atoms with E-state index in [1.807, 2.05) is 43.3 Å². The molecule has 1 fully saturated rings. The molecule has 2 aromatic carbocycles. The molecule has 0 bridgehead atoms. The van der Waals surface area contributed by atoms with Crippen LogP contribution in [0, 0.1) is 12.8 Å². The molecular formula is C28H33N3O3S. The van der Waals surface area contributed by atoms with Crippen molar-refractivity contribution in [3.63, 3.8) is 0 Å². The second-order valence-corrected chi connectivity index (χ2v) is 10.0. The number of amides is 2. The summed E-state index contributed by atoms with van der Waals surface area (Å²) in [4.78, 5) is 30.2. The minimum Gasteiger partial charge on any atom is -0.497 e. The summed E-state index contributed by atoms with van der Waals surface area (Å²) in [7, 11) is 1.65. The SMILES string of the molecule is CCc1cc2cc(OC)ccc2nc1SCC(=O)Nc1ccc(C)c(NC(=O)C2CCCCC2)c1. The Bertz CT molecular complexity index is 1220. The summed E-state index contributed by atoms with van der Waals surface area (Å²) in [5, 5.41) is 7.94. The molecule has 0 atom stereocenters. The number of nitrogens with one attached hydrogen (secondary N) is 2. The van der Waals surface area contributed by atoms with Crippen molar-refractivity contribution >= 4 is 45.9 Å². The van der Waals surface area contributed by atoms with Gasteiger partial charge in [-0.25, -0.2) is 4.98 Å². The zero-order valence-corrected chi connectivity index (χ0v) is 21.5. The summed E-state index contributed by atoms with van der Waals surface area (Å²) in [5.41, 5.74) is 4.39. The lowest BCUT2D eigenvalue weighted by molar-refractivity contribution is -0.120. The van der Waals surface area contributed by atoms with E-state index >= 15 is 0 Å². The number of carbonyl (C=O) groups is 2. The summed E-state index contributed by atoms with van der Waals surface area (Å²) >= 11 is 1.44. The van der Waals surface area contributed by atoms with Crippen LogP contribution in [0.1, 0.15) is 50.2 Å². The molecule has 1 aromatic heterocycles. The van der Waals surface area contributed by atoms with E-state index in [0.29, 0.717) is 5.69 Å². The van der Waals surface area contributed by atoms with E-state index < -0.39 is 0 Å². The lowest BCUT2D eigenvalue weighted by atomic mass is 9.88. The lowest BCUT2D eigenvalue weighted by Crippen LogP contribution is -2.25. The van der Waals surface area contributed by atoms with Gasteiger partial charge >= 0.3 is 0 Å². The minimum absolute atomic E-state index is 0.0823. The Labute approximate surface area is 211 Å². The molecular weight excluding hydrogens is 458 g/mol. The largest absolute Gasteiger partial charge is 0.497 e. The Balaban J connectivity index is 1.40. The molecule has 1 saturated carbocycles. The number of aromatic nitrogens is 1. The van der Waals surface area contributed by atoms with Gasteiger partial charge in [-0.1, -0.05) is 44.0 Å². The average molecular weight is 492 g/mol. The van der Waals surface area contributed by atoms with Gasteiger partial charge in [0.05, 0.1) is 18.4 Å². The monoisotopic (exact) mass is 491 g/mol. The van der Waals surface area contributed by atoms with Crippen LogP contribution in [0.4, 0.5) is 11.4 Å². The first kappa shape index (κ1) is 25.0. The summed E-state index contributed by atoms with van der Waals surface area (Å²) in [5.74, 6) is 1.11. The van der Waals surface area contributed by atoms with Gasteiger partial charge in [-0.05, 0) is 73.7 Å². The number of fused-ring (bicyclic) bond motifs is 1. The first-order valence-corrected chi connectivity index (χ1v) is 13.3. The highest BCUT2D eigenvalue weighted by Gasteiger charge is 2.21. The number of methoxy groups -OCH3 is 1. The molecule has 7 heteroatoms. The Morgan fingerprint density at radius 2 is 1.86 bits per heavy atom. The number of carbonyl (C=O) groups excluding carboxylic acids is 2. The molecule has 0 aliphatic heterocycles. The standard InChI is InChI=1S/C28H33N3O3S/c1-4-19-14-21-15-23(34-3)12-13-24(21)31-28(19)35-17-26(32)29-22-11-10-18(2)25(16-22)30-27(33)20-8-6-5-7-9-20/h10-16,20H,4-9,17H2,1-3H3,(H,29,32)(H,30,33). The highest BCUT2D eigenvalue weighted by atomic mass is 32.2. The topological polar surface area (TPSA) is 80.3 Å². The van der Waals surface area contributed by atoms with Gasteiger partial charge in [-0.2, -0.15) is 0 Å². The molecule has 0 unspecified atom stereocenters. The Morgan fingerprint density at radius 1 is 1.06 bits per heavy atom. The quantitative estimate of drug-likeness (QED) is 0.358. The zero-order chi connectivity index (χ0) is 24.8. The molecule has 2 N–H and O–H groups in total. The highest BCUT2D eigenvalue weighted by molar-refractivity contribution is 8.00. The van der Waals surface area contributed by atoms with E-state index in [-0.39, 0.29) is 23.5 Å². The van der Waals surface area contributed by atoms with Gasteiger partial charge in [0.1, 0.15) is 10.8 Å². The summed E-state index contributed by atoms with van der Waals surface area (Å²) in [6.45, 7) is 4.05. The number of aryl methyl sites for hydroxylation is 2. The Morgan fingerprint density at radius 3 is 2.60 bits per heavy atom. The van der Waals surface area contributed by atoms with Crippen LogP contribution in [0.25, 0.3) is 10.9 Å². The number of ether oxygens (including phenoxy) is 1. The number of pyridine rings is 1. The van der Waals surface area contributed by atoms with Crippen molar-refractivity contribution in [3.8, 4) is 5.75 Å². The number of nitrogens with zero attached hydrogens (tertiary/aromatic N) is 1. The molecule has 1 heterocycles. The Kier molecular flexibility index (Phi) is 8.29. The normalized spacial score (nSPS) is 14.0.